The first-order chi connectivity index (χ1) is 9.47. The zero-order valence-corrected chi connectivity index (χ0v) is 13.1. The molecular weight excluding hydrogens is 326 g/mol. The van der Waals surface area contributed by atoms with Crippen LogP contribution in [0.3, 0.4) is 0 Å². The van der Waals surface area contributed by atoms with Gasteiger partial charge in [0, 0.05) is 11.6 Å². The minimum absolute atomic E-state index is 0.297. The second kappa shape index (κ2) is 5.90. The molecule has 108 valence electrons. The van der Waals surface area contributed by atoms with E-state index < -0.39 is 5.54 Å². The van der Waals surface area contributed by atoms with Crippen LogP contribution in [0.1, 0.15) is 12.7 Å². The van der Waals surface area contributed by atoms with Gasteiger partial charge in [-0.05, 0) is 41.1 Å². The molecule has 0 fully saturated rings. The van der Waals surface area contributed by atoms with Crippen LogP contribution >= 0.6 is 15.9 Å². The summed E-state index contributed by atoms with van der Waals surface area (Å²) in [5.41, 5.74) is 6.03. The van der Waals surface area contributed by atoms with Crippen molar-refractivity contribution < 1.29 is 14.0 Å². The topological polar surface area (TPSA) is 83.4 Å². The molecule has 1 atom stereocenters. The van der Waals surface area contributed by atoms with Crippen molar-refractivity contribution in [1.82, 2.24) is 10.1 Å². The molecule has 0 saturated heterocycles. The Bertz CT molecular complexity index is 598. The van der Waals surface area contributed by atoms with Gasteiger partial charge in [-0.3, -0.25) is 0 Å². The zero-order chi connectivity index (χ0) is 14.8. The second-order valence-electron chi connectivity index (χ2n) is 4.62. The molecule has 1 aromatic carbocycles. The highest BCUT2D eigenvalue weighted by atomic mass is 79.9. The molecule has 2 rings (SSSR count). The third-order valence-electron chi connectivity index (χ3n) is 2.78. The van der Waals surface area contributed by atoms with Gasteiger partial charge in [0.2, 0.25) is 0 Å². The monoisotopic (exact) mass is 341 g/mol. The molecule has 7 heteroatoms. The molecule has 0 aliphatic rings. The fourth-order valence-corrected chi connectivity index (χ4v) is 2.14. The first kappa shape index (κ1) is 15.0. The molecule has 0 aliphatic heterocycles. The molecular formula is C13H16BrN3O3. The normalized spacial score (nSPS) is 14.1. The zero-order valence-electron chi connectivity index (χ0n) is 11.5. The van der Waals surface area contributed by atoms with Crippen LogP contribution in [0.4, 0.5) is 0 Å². The maximum Gasteiger partial charge on any atom is 0.259 e. The van der Waals surface area contributed by atoms with Crippen LogP contribution in [0.25, 0.3) is 11.5 Å². The lowest BCUT2D eigenvalue weighted by Gasteiger charge is -2.18. The van der Waals surface area contributed by atoms with Gasteiger partial charge in [0.15, 0.2) is 5.82 Å². The largest absolute Gasteiger partial charge is 0.497 e. The van der Waals surface area contributed by atoms with E-state index in [1.54, 1.807) is 21.1 Å². The number of aromatic nitrogens is 2. The Balaban J connectivity index is 2.38. The van der Waals surface area contributed by atoms with E-state index in [0.29, 0.717) is 24.1 Å². The quantitative estimate of drug-likeness (QED) is 0.898. The summed E-state index contributed by atoms with van der Waals surface area (Å²) in [6, 6.07) is 5.50. The van der Waals surface area contributed by atoms with E-state index in [1.165, 1.54) is 0 Å². The predicted molar refractivity (Wildman–Crippen MR) is 77.4 cm³/mol. The number of nitrogens with two attached hydrogens (primary N) is 1. The average Bonchev–Trinajstić information content (AvgIpc) is 2.89. The first-order valence-electron chi connectivity index (χ1n) is 5.94. The SMILES string of the molecule is COCC(C)(N)c1noc(-c2cc(OC)ccc2Br)n1. The molecule has 0 amide bonds. The molecule has 2 aromatic rings. The predicted octanol–water partition coefficient (Wildman–Crippen LogP) is 2.33. The minimum Gasteiger partial charge on any atom is -0.497 e. The van der Waals surface area contributed by atoms with Crippen molar-refractivity contribution in [3.8, 4) is 17.2 Å². The molecule has 1 aromatic heterocycles. The molecule has 1 heterocycles. The molecule has 0 aliphatic carbocycles. The lowest BCUT2D eigenvalue weighted by Crippen LogP contribution is -2.38. The lowest BCUT2D eigenvalue weighted by molar-refractivity contribution is 0.135. The van der Waals surface area contributed by atoms with E-state index in [0.717, 1.165) is 10.0 Å². The van der Waals surface area contributed by atoms with E-state index >= 15 is 0 Å². The molecule has 0 saturated carbocycles. The maximum atomic E-state index is 6.09. The summed E-state index contributed by atoms with van der Waals surface area (Å²) < 4.78 is 16.4. The van der Waals surface area contributed by atoms with Crippen LogP contribution in [0.5, 0.6) is 5.75 Å². The Hall–Kier alpha value is -1.44. The molecule has 0 spiro atoms. The van der Waals surface area contributed by atoms with Gasteiger partial charge >= 0.3 is 0 Å². The number of nitrogens with zero attached hydrogens (tertiary/aromatic N) is 2. The van der Waals surface area contributed by atoms with Gasteiger partial charge in [0.25, 0.3) is 5.89 Å². The molecule has 20 heavy (non-hydrogen) atoms. The molecule has 0 radical (unpaired) electrons. The van der Waals surface area contributed by atoms with Crippen molar-refractivity contribution in [3.63, 3.8) is 0 Å². The summed E-state index contributed by atoms with van der Waals surface area (Å²) in [6.07, 6.45) is 0. The van der Waals surface area contributed by atoms with Gasteiger partial charge in [-0.25, -0.2) is 0 Å². The van der Waals surface area contributed by atoms with Crippen molar-refractivity contribution in [3.05, 3.63) is 28.5 Å². The van der Waals surface area contributed by atoms with Gasteiger partial charge in [-0.2, -0.15) is 4.98 Å². The van der Waals surface area contributed by atoms with Crippen LogP contribution in [-0.4, -0.2) is 31.0 Å². The van der Waals surface area contributed by atoms with E-state index in [9.17, 15) is 0 Å². The summed E-state index contributed by atoms with van der Waals surface area (Å²) >= 11 is 3.45. The second-order valence-corrected chi connectivity index (χ2v) is 5.47. The molecule has 2 N–H and O–H groups in total. The maximum absolute atomic E-state index is 6.09. The third kappa shape index (κ3) is 3.00. The van der Waals surface area contributed by atoms with Gasteiger partial charge in [-0.15, -0.1) is 0 Å². The van der Waals surface area contributed by atoms with Gasteiger partial charge in [0.05, 0.1) is 19.3 Å². The third-order valence-corrected chi connectivity index (χ3v) is 3.48. The average molecular weight is 342 g/mol. The summed E-state index contributed by atoms with van der Waals surface area (Å²) in [5.74, 6) is 1.47. The Labute approximate surface area is 125 Å². The number of hydrogen-bond donors (Lipinski definition) is 1. The fourth-order valence-electron chi connectivity index (χ4n) is 1.72. The minimum atomic E-state index is -0.804. The number of rotatable bonds is 5. The highest BCUT2D eigenvalue weighted by molar-refractivity contribution is 9.10. The van der Waals surface area contributed by atoms with Crippen LogP contribution in [0.2, 0.25) is 0 Å². The summed E-state index contributed by atoms with van der Waals surface area (Å²) in [7, 11) is 3.17. The Morgan fingerprint density at radius 3 is 2.80 bits per heavy atom. The fraction of sp³-hybridized carbons (Fsp3) is 0.385. The van der Waals surface area contributed by atoms with Crippen molar-refractivity contribution in [1.29, 1.82) is 0 Å². The Kier molecular flexibility index (Phi) is 4.42. The highest BCUT2D eigenvalue weighted by Crippen LogP contribution is 2.31. The van der Waals surface area contributed by atoms with Gasteiger partial charge in [-0.1, -0.05) is 5.16 Å². The van der Waals surface area contributed by atoms with E-state index in [2.05, 4.69) is 26.1 Å². The Morgan fingerprint density at radius 1 is 1.40 bits per heavy atom. The number of halogens is 1. The van der Waals surface area contributed by atoms with E-state index in [1.807, 2.05) is 18.2 Å². The highest BCUT2D eigenvalue weighted by Gasteiger charge is 2.28. The van der Waals surface area contributed by atoms with Crippen molar-refractivity contribution in [2.45, 2.75) is 12.5 Å². The number of ether oxygens (including phenoxy) is 2. The molecule has 6 nitrogen and oxygen atoms in total. The van der Waals surface area contributed by atoms with Crippen molar-refractivity contribution in [2.75, 3.05) is 20.8 Å². The van der Waals surface area contributed by atoms with Gasteiger partial charge < -0.3 is 19.7 Å². The van der Waals surface area contributed by atoms with E-state index in [-0.39, 0.29) is 0 Å². The summed E-state index contributed by atoms with van der Waals surface area (Å²) in [4.78, 5) is 4.34. The van der Waals surface area contributed by atoms with Crippen molar-refractivity contribution >= 4 is 15.9 Å². The molecule has 1 unspecified atom stereocenters. The van der Waals surface area contributed by atoms with Crippen LogP contribution < -0.4 is 10.5 Å². The standard InChI is InChI=1S/C13H16BrN3O3/c1-13(15,7-18-2)12-16-11(20-17-12)9-6-8(19-3)4-5-10(9)14/h4-6H,7,15H2,1-3H3. The first-order valence-corrected chi connectivity index (χ1v) is 6.73. The molecule has 0 bridgehead atoms. The Morgan fingerprint density at radius 2 is 2.15 bits per heavy atom. The van der Waals surface area contributed by atoms with Crippen LogP contribution in [0, 0.1) is 0 Å². The number of methoxy groups -OCH3 is 2. The van der Waals surface area contributed by atoms with Gasteiger partial charge in [0.1, 0.15) is 11.3 Å². The lowest BCUT2D eigenvalue weighted by atomic mass is 10.1. The van der Waals surface area contributed by atoms with Crippen LogP contribution in [-0.2, 0) is 10.3 Å². The van der Waals surface area contributed by atoms with Crippen molar-refractivity contribution in [2.24, 2.45) is 5.73 Å². The smallest absolute Gasteiger partial charge is 0.259 e. The van der Waals surface area contributed by atoms with E-state index in [4.69, 9.17) is 19.7 Å². The summed E-state index contributed by atoms with van der Waals surface area (Å²) in [5, 5.41) is 3.93. The van der Waals surface area contributed by atoms with Crippen LogP contribution in [0.15, 0.2) is 27.2 Å². The number of benzene rings is 1. The number of hydrogen-bond acceptors (Lipinski definition) is 6. The summed E-state index contributed by atoms with van der Waals surface area (Å²) in [6.45, 7) is 2.08.